The molecule has 0 aromatic rings. The van der Waals surface area contributed by atoms with Crippen LogP contribution in [0.5, 0.6) is 0 Å². The number of unbranched alkanes of at least 4 members (excludes halogenated alkanes) is 8. The fraction of sp³-hybridized carbons (Fsp3) is 1.00. The molecule has 0 atom stereocenters. The minimum atomic E-state index is -7.91. The molecule has 8 rings (SSSR count). The fourth-order valence-electron chi connectivity index (χ4n) is 7.93. The molecule has 0 aliphatic carbocycles. The molecule has 0 aromatic heterocycles. The van der Waals surface area contributed by atoms with Gasteiger partial charge >= 0.3 is 134 Å². The molecular formula is C32H72N2O18P6Si. The van der Waals surface area contributed by atoms with Crippen LogP contribution in [0.2, 0.25) is 0 Å². The third-order valence-corrected chi connectivity index (χ3v) is 34.8. The van der Waals surface area contributed by atoms with Crippen molar-refractivity contribution in [1.29, 1.82) is 0 Å². The van der Waals surface area contributed by atoms with Crippen molar-refractivity contribution >= 4 is 55.0 Å². The Morgan fingerprint density at radius 3 is 0.542 bits per heavy atom. The van der Waals surface area contributed by atoms with Crippen molar-refractivity contribution in [2.75, 3.05) is 52.4 Å². The summed E-state index contributed by atoms with van der Waals surface area (Å²) in [4.78, 5) is 0. The Kier molecular flexibility index (Phi) is 17.7. The maximum absolute atomic E-state index is 12.5. The van der Waals surface area contributed by atoms with Crippen LogP contribution in [0.25, 0.3) is 0 Å². The van der Waals surface area contributed by atoms with Crippen molar-refractivity contribution < 1.29 is 87.5 Å². The van der Waals surface area contributed by atoms with Gasteiger partial charge in [-0.3, -0.25) is 0 Å². The van der Waals surface area contributed by atoms with E-state index in [1.807, 2.05) is 0 Å². The zero-order chi connectivity index (χ0) is 43.9. The topological polar surface area (TPSA) is 213 Å². The molecule has 1 spiro atoms. The predicted octanol–water partition coefficient (Wildman–Crippen LogP) is 13.3. The molecule has 0 radical (unpaired) electrons. The summed E-state index contributed by atoms with van der Waals surface area (Å²) in [6, 6.07) is 0. The average molecular weight is 987 g/mol. The third-order valence-electron chi connectivity index (χ3n) is 10.9. The van der Waals surface area contributed by atoms with Gasteiger partial charge in [-0.15, -0.1) is 0 Å². The van der Waals surface area contributed by atoms with E-state index in [2.05, 4.69) is 107 Å². The van der Waals surface area contributed by atoms with Crippen molar-refractivity contribution in [3.8, 4) is 0 Å². The van der Waals surface area contributed by atoms with Gasteiger partial charge in [0.05, 0.1) is 52.4 Å². The molecule has 8 fully saturated rings. The Morgan fingerprint density at radius 2 is 0.424 bits per heavy atom. The van der Waals surface area contributed by atoms with Gasteiger partial charge in [-0.2, -0.15) is 0 Å². The molecule has 0 N–H and O–H groups in total. The first-order valence-corrected chi connectivity index (χ1v) is 33.0. The van der Waals surface area contributed by atoms with E-state index in [1.165, 1.54) is 164 Å². The van der Waals surface area contributed by atoms with Crippen LogP contribution in [0.1, 0.15) is 158 Å². The zero-order valence-electron chi connectivity index (χ0n) is 36.4. The van der Waals surface area contributed by atoms with Crippen LogP contribution in [0.3, 0.4) is 0 Å². The van der Waals surface area contributed by atoms with E-state index in [0.717, 1.165) is 0 Å². The van der Waals surface area contributed by atoms with Crippen molar-refractivity contribution in [2.45, 2.75) is 158 Å². The second-order valence-electron chi connectivity index (χ2n) is 16.3. The number of rotatable bonds is 24. The monoisotopic (exact) mass is 986 g/mol. The molecule has 59 heavy (non-hydrogen) atoms. The van der Waals surface area contributed by atoms with Crippen LogP contribution in [-0.4, -0.2) is 69.4 Å². The zero-order valence-corrected chi connectivity index (χ0v) is 42.8. The van der Waals surface area contributed by atoms with Crippen LogP contribution in [0.15, 0.2) is 0 Å². The quantitative estimate of drug-likeness (QED) is 0.0499. The molecule has 7 bridgehead atoms. The van der Waals surface area contributed by atoms with Crippen molar-refractivity contribution in [3.63, 3.8) is 0 Å². The number of hydrogen-bond donors (Lipinski definition) is 0. The molecule has 8 aliphatic rings. The van der Waals surface area contributed by atoms with Crippen LogP contribution in [0.4, 0.5) is 0 Å². The number of phosphoric acid groups is 6. The molecule has 0 aromatic carbocycles. The van der Waals surface area contributed by atoms with E-state index in [9.17, 15) is 27.4 Å². The first-order valence-electron chi connectivity index (χ1n) is 21.8. The Balaban J connectivity index is 0.000000204. The van der Waals surface area contributed by atoms with E-state index >= 15 is 0 Å². The van der Waals surface area contributed by atoms with Gasteiger partial charge in [-0.25, -0.2) is 0 Å². The average Bonchev–Trinajstić information content (AvgIpc) is 3.09. The molecule has 8 aliphatic heterocycles. The number of quaternary nitrogens is 2. The van der Waals surface area contributed by atoms with Gasteiger partial charge in [0, 0.05) is 0 Å². The molecule has 8 heterocycles. The van der Waals surface area contributed by atoms with Crippen molar-refractivity contribution in [1.82, 2.24) is 0 Å². The summed E-state index contributed by atoms with van der Waals surface area (Å²) in [6.45, 7) is 30.0. The molecule has 27 heteroatoms. The van der Waals surface area contributed by atoms with E-state index in [0.29, 0.717) is 0 Å². The molecular weight excluding hydrogens is 914 g/mol. The fourth-order valence-corrected chi connectivity index (χ4v) is 38.8. The van der Waals surface area contributed by atoms with Gasteiger partial charge in [-0.05, 0) is 51.4 Å². The summed E-state index contributed by atoms with van der Waals surface area (Å²) in [5, 5.41) is 0. The van der Waals surface area contributed by atoms with E-state index < -0.39 is 55.0 Å². The van der Waals surface area contributed by atoms with E-state index in [-0.39, 0.29) is 0 Å². The SMILES string of the molecule is CCCC[N+](CCCC)(CCCC)CCCC.CCCC[N+](CCCC)(CCCC)CCCC.O=P12OP3(=O)OP(=O)(O1)O[Si-2]14(O2)(O3)OP2(=O)OP(=O)(OP(=O)(O2)O1)O4. The second kappa shape index (κ2) is 19.9. The maximum atomic E-state index is 12.5. The van der Waals surface area contributed by atoms with E-state index in [4.69, 9.17) is 0 Å². The summed E-state index contributed by atoms with van der Waals surface area (Å²) < 4.78 is 132. The summed E-state index contributed by atoms with van der Waals surface area (Å²) >= 11 is 0. The van der Waals surface area contributed by atoms with Gasteiger partial charge in [0.1, 0.15) is 0 Å². The summed E-state index contributed by atoms with van der Waals surface area (Å²) in [6.07, 6.45) is 22.1. The van der Waals surface area contributed by atoms with Gasteiger partial charge in [0.15, 0.2) is 0 Å². The molecule has 0 unspecified atom stereocenters. The van der Waals surface area contributed by atoms with Crippen molar-refractivity contribution in [2.24, 2.45) is 0 Å². The number of hydrogen-bond acceptors (Lipinski definition) is 18. The first kappa shape index (κ1) is 52.7. The first-order chi connectivity index (χ1) is 27.6. The molecule has 0 saturated carbocycles. The second-order valence-corrected chi connectivity index (χ2v) is 32.4. The summed E-state index contributed by atoms with van der Waals surface area (Å²) in [7, 11) is -39.4. The van der Waals surface area contributed by atoms with Crippen LogP contribution in [-0.2, 0) is 78.5 Å². The molecule has 20 nitrogen and oxygen atoms in total. The number of nitrogens with zero attached hydrogens (tertiary/aromatic N) is 2. The Hall–Kier alpha value is 1.04. The molecule has 0 amide bonds. The van der Waals surface area contributed by atoms with Gasteiger partial charge in [0.25, 0.3) is 0 Å². The van der Waals surface area contributed by atoms with Gasteiger partial charge in [-0.1, -0.05) is 107 Å². The van der Waals surface area contributed by atoms with Crippen LogP contribution < -0.4 is 0 Å². The summed E-state index contributed by atoms with van der Waals surface area (Å²) in [5.41, 5.74) is 0. The standard InChI is InChI=1S/2C16H36N.O18P6Si/c2*1-5-9-13-17(14-10-6-2,15-11-7-3)16-12-8-4;1-19-7-20(2)9-21(3,8-19)15-25(13-19,14-20)16-22(4)10-23(5,17-25)12-24(6,11-22)18-25/h2*5-16H2,1-4H3;/q2*+1;-2. The third kappa shape index (κ3) is 12.3. The minimum absolute atomic E-state index is 1.35. The Morgan fingerprint density at radius 1 is 0.288 bits per heavy atom. The van der Waals surface area contributed by atoms with Gasteiger partial charge < -0.3 is 8.97 Å². The Bertz CT molecular complexity index is 1370. The molecule has 352 valence electrons. The predicted molar refractivity (Wildman–Crippen MR) is 223 cm³/mol. The summed E-state index contributed by atoms with van der Waals surface area (Å²) in [5.74, 6) is 0. The van der Waals surface area contributed by atoms with Crippen molar-refractivity contribution in [3.05, 3.63) is 0 Å². The van der Waals surface area contributed by atoms with E-state index in [1.54, 1.807) is 0 Å². The van der Waals surface area contributed by atoms with Gasteiger partial charge in [0.2, 0.25) is 0 Å². The molecule has 8 saturated heterocycles. The normalized spacial score (nSPS) is 36.4. The van der Waals surface area contributed by atoms with Crippen LogP contribution in [0, 0.1) is 0 Å². The van der Waals surface area contributed by atoms with Crippen LogP contribution >= 0.6 is 46.9 Å². The Labute approximate surface area is 352 Å².